The fourth-order valence-electron chi connectivity index (χ4n) is 2.31. The highest BCUT2D eigenvalue weighted by atomic mass is 79.9. The molecule has 0 spiro atoms. The number of nitrogens with zero attached hydrogens (tertiary/aromatic N) is 3. The lowest BCUT2D eigenvalue weighted by Crippen LogP contribution is -2.21. The highest BCUT2D eigenvalue weighted by Crippen LogP contribution is 2.24. The normalized spacial score (nSPS) is 10.9. The summed E-state index contributed by atoms with van der Waals surface area (Å²) < 4.78 is 20.7. The number of carbonyl (C=O) groups excluding carboxylic acids is 2. The Kier molecular flexibility index (Phi) is 6.73. The molecule has 0 radical (unpaired) electrons. The summed E-state index contributed by atoms with van der Waals surface area (Å²) >= 11 is 9.21. The molecule has 1 aromatic heterocycles. The van der Waals surface area contributed by atoms with Gasteiger partial charge >= 0.3 is 5.97 Å². The first-order chi connectivity index (χ1) is 13.9. The van der Waals surface area contributed by atoms with Crippen molar-refractivity contribution in [2.45, 2.75) is 0 Å². The Labute approximate surface area is 178 Å². The van der Waals surface area contributed by atoms with Crippen molar-refractivity contribution in [2.75, 3.05) is 11.9 Å². The molecular weight excluding hydrogens is 467 g/mol. The van der Waals surface area contributed by atoms with Crippen LogP contribution >= 0.6 is 27.5 Å². The van der Waals surface area contributed by atoms with Crippen LogP contribution in [0.15, 0.2) is 59.6 Å². The molecule has 3 aromatic rings. The lowest BCUT2D eigenvalue weighted by molar-refractivity contribution is -0.142. The quantitative estimate of drug-likeness (QED) is 0.426. The van der Waals surface area contributed by atoms with Gasteiger partial charge in [-0.25, -0.2) is 18.9 Å². The first-order valence-electron chi connectivity index (χ1n) is 8.16. The minimum Gasteiger partial charge on any atom is -0.452 e. The van der Waals surface area contributed by atoms with Gasteiger partial charge in [0.15, 0.2) is 6.61 Å². The number of rotatable bonds is 6. The molecule has 0 saturated carbocycles. The van der Waals surface area contributed by atoms with Crippen LogP contribution in [-0.4, -0.2) is 33.2 Å². The SMILES string of the molecule is O=C(COC(=O)/C=C/c1cc(Br)ccc1F)Nc1cc(Cl)ccc1-n1cncn1. The molecule has 1 amide bonds. The lowest BCUT2D eigenvalue weighted by Gasteiger charge is -2.11. The molecule has 0 bridgehead atoms. The number of halogens is 3. The number of benzene rings is 2. The van der Waals surface area contributed by atoms with E-state index in [9.17, 15) is 14.0 Å². The van der Waals surface area contributed by atoms with E-state index in [1.807, 2.05) is 0 Å². The van der Waals surface area contributed by atoms with Gasteiger partial charge in [-0.3, -0.25) is 4.79 Å². The fourth-order valence-corrected chi connectivity index (χ4v) is 2.86. The summed E-state index contributed by atoms with van der Waals surface area (Å²) in [4.78, 5) is 27.8. The van der Waals surface area contributed by atoms with Gasteiger partial charge in [0.05, 0.1) is 11.4 Å². The van der Waals surface area contributed by atoms with Crippen LogP contribution in [0.25, 0.3) is 11.8 Å². The molecule has 0 unspecified atom stereocenters. The summed E-state index contributed by atoms with van der Waals surface area (Å²) in [5.74, 6) is -1.86. The molecular formula is C19H13BrClFN4O3. The van der Waals surface area contributed by atoms with Crippen LogP contribution in [0.4, 0.5) is 10.1 Å². The average molecular weight is 480 g/mol. The molecule has 1 heterocycles. The number of esters is 1. The number of carbonyl (C=O) groups is 2. The summed E-state index contributed by atoms with van der Waals surface area (Å²) in [5.41, 5.74) is 1.12. The van der Waals surface area contributed by atoms with Crippen molar-refractivity contribution in [3.63, 3.8) is 0 Å². The van der Waals surface area contributed by atoms with E-state index < -0.39 is 24.3 Å². The van der Waals surface area contributed by atoms with Gasteiger partial charge in [-0.2, -0.15) is 5.10 Å². The molecule has 3 rings (SSSR count). The van der Waals surface area contributed by atoms with Crippen LogP contribution in [0.2, 0.25) is 5.02 Å². The van der Waals surface area contributed by atoms with Crippen molar-refractivity contribution in [3.8, 4) is 5.69 Å². The summed E-state index contributed by atoms with van der Waals surface area (Å²) in [6.45, 7) is -0.534. The van der Waals surface area contributed by atoms with Crippen molar-refractivity contribution >= 4 is 51.2 Å². The first-order valence-corrected chi connectivity index (χ1v) is 9.34. The minimum atomic E-state index is -0.790. The van der Waals surface area contributed by atoms with Gasteiger partial charge in [-0.1, -0.05) is 27.5 Å². The molecule has 7 nitrogen and oxygen atoms in total. The summed E-state index contributed by atoms with van der Waals surface area (Å²) in [6, 6.07) is 9.15. The van der Waals surface area contributed by atoms with Crippen molar-refractivity contribution in [2.24, 2.45) is 0 Å². The van der Waals surface area contributed by atoms with E-state index in [1.165, 1.54) is 41.6 Å². The van der Waals surface area contributed by atoms with E-state index >= 15 is 0 Å². The first kappa shape index (κ1) is 20.7. The van der Waals surface area contributed by atoms with E-state index in [2.05, 4.69) is 31.3 Å². The molecule has 29 heavy (non-hydrogen) atoms. The Morgan fingerprint density at radius 2 is 2.10 bits per heavy atom. The smallest absolute Gasteiger partial charge is 0.331 e. The van der Waals surface area contributed by atoms with Gasteiger partial charge in [-0.15, -0.1) is 0 Å². The summed E-state index contributed by atoms with van der Waals surface area (Å²) in [7, 11) is 0. The maximum atomic E-state index is 13.7. The van der Waals surface area contributed by atoms with Crippen LogP contribution in [-0.2, 0) is 14.3 Å². The summed E-state index contributed by atoms with van der Waals surface area (Å²) in [5, 5.41) is 7.02. The monoisotopic (exact) mass is 478 g/mol. The van der Waals surface area contributed by atoms with Crippen molar-refractivity contribution < 1.29 is 18.7 Å². The zero-order chi connectivity index (χ0) is 20.8. The van der Waals surface area contributed by atoms with Crippen LogP contribution in [0.3, 0.4) is 0 Å². The van der Waals surface area contributed by atoms with Gasteiger partial charge in [0.2, 0.25) is 0 Å². The zero-order valence-corrected chi connectivity index (χ0v) is 17.0. The van der Waals surface area contributed by atoms with Gasteiger partial charge in [0.25, 0.3) is 5.91 Å². The molecule has 0 aliphatic carbocycles. The molecule has 0 aliphatic heterocycles. The van der Waals surface area contributed by atoms with Crippen molar-refractivity contribution in [3.05, 3.63) is 76.0 Å². The second-order valence-electron chi connectivity index (χ2n) is 5.66. The van der Waals surface area contributed by atoms with Gasteiger partial charge in [0.1, 0.15) is 18.5 Å². The van der Waals surface area contributed by atoms with Crippen molar-refractivity contribution in [1.29, 1.82) is 0 Å². The minimum absolute atomic E-state index is 0.206. The van der Waals surface area contributed by atoms with E-state index in [4.69, 9.17) is 16.3 Å². The van der Waals surface area contributed by atoms with E-state index in [1.54, 1.807) is 18.2 Å². The Balaban J connectivity index is 1.60. The van der Waals surface area contributed by atoms with E-state index in [0.29, 0.717) is 20.9 Å². The maximum Gasteiger partial charge on any atom is 0.331 e. The Morgan fingerprint density at radius 1 is 1.28 bits per heavy atom. The third-order valence-electron chi connectivity index (χ3n) is 3.60. The number of hydrogen-bond acceptors (Lipinski definition) is 5. The lowest BCUT2D eigenvalue weighted by atomic mass is 10.2. The Morgan fingerprint density at radius 3 is 2.86 bits per heavy atom. The second-order valence-corrected chi connectivity index (χ2v) is 7.01. The maximum absolute atomic E-state index is 13.7. The Bertz CT molecular complexity index is 1070. The molecule has 1 N–H and O–H groups in total. The van der Waals surface area contributed by atoms with Gasteiger partial charge in [0, 0.05) is 21.1 Å². The van der Waals surface area contributed by atoms with Crippen LogP contribution in [0.1, 0.15) is 5.56 Å². The van der Waals surface area contributed by atoms with Crippen LogP contribution < -0.4 is 5.32 Å². The molecule has 2 aromatic carbocycles. The number of hydrogen-bond donors (Lipinski definition) is 1. The molecule has 0 saturated heterocycles. The van der Waals surface area contributed by atoms with Crippen LogP contribution in [0.5, 0.6) is 0 Å². The standard InChI is InChI=1S/C19H13BrClFN4O3/c20-13-2-4-15(22)12(7-13)1-6-19(28)29-9-18(27)25-16-8-14(21)3-5-17(16)26-11-23-10-24-26/h1-8,10-11H,9H2,(H,25,27)/b6-1+. The molecule has 0 aliphatic rings. The Hall–Kier alpha value is -3.04. The second kappa shape index (κ2) is 9.44. The highest BCUT2D eigenvalue weighted by Gasteiger charge is 2.12. The molecule has 10 heteroatoms. The fraction of sp³-hybridized carbons (Fsp3) is 0.0526. The van der Waals surface area contributed by atoms with E-state index in [-0.39, 0.29) is 5.56 Å². The number of nitrogens with one attached hydrogen (secondary N) is 1. The van der Waals surface area contributed by atoms with Gasteiger partial charge in [-0.05, 0) is 42.5 Å². The predicted octanol–water partition coefficient (Wildman–Crippen LogP) is 4.02. The third-order valence-corrected chi connectivity index (χ3v) is 4.33. The third kappa shape index (κ3) is 5.72. The molecule has 0 atom stereocenters. The number of amides is 1. The number of aromatic nitrogens is 3. The molecule has 148 valence electrons. The predicted molar refractivity (Wildman–Crippen MR) is 109 cm³/mol. The molecule has 0 fully saturated rings. The van der Waals surface area contributed by atoms with Crippen LogP contribution in [0, 0.1) is 5.82 Å². The van der Waals surface area contributed by atoms with E-state index in [0.717, 1.165) is 6.08 Å². The highest BCUT2D eigenvalue weighted by molar-refractivity contribution is 9.10. The summed E-state index contributed by atoms with van der Waals surface area (Å²) in [6.07, 6.45) is 5.12. The zero-order valence-electron chi connectivity index (χ0n) is 14.7. The average Bonchev–Trinajstić information content (AvgIpc) is 3.21. The number of anilines is 1. The topological polar surface area (TPSA) is 86.1 Å². The largest absolute Gasteiger partial charge is 0.452 e. The number of ether oxygens (including phenoxy) is 1. The van der Waals surface area contributed by atoms with Gasteiger partial charge < -0.3 is 10.1 Å². The van der Waals surface area contributed by atoms with Crippen molar-refractivity contribution in [1.82, 2.24) is 14.8 Å².